The highest BCUT2D eigenvalue weighted by Gasteiger charge is 2.36. The molecule has 2 amide bonds. The Labute approximate surface area is 233 Å². The molecule has 0 saturated heterocycles. The van der Waals surface area contributed by atoms with Crippen LogP contribution in [0.2, 0.25) is 0 Å². The van der Waals surface area contributed by atoms with Crippen molar-refractivity contribution in [1.82, 2.24) is 20.2 Å². The number of H-pyrrole nitrogens is 1. The van der Waals surface area contributed by atoms with Gasteiger partial charge >= 0.3 is 11.9 Å². The number of esters is 2. The summed E-state index contributed by atoms with van der Waals surface area (Å²) in [5, 5.41) is 7.07. The van der Waals surface area contributed by atoms with E-state index in [-0.39, 0.29) is 23.5 Å². The molecule has 0 bridgehead atoms. The summed E-state index contributed by atoms with van der Waals surface area (Å²) in [5.74, 6) is -2.42. The van der Waals surface area contributed by atoms with E-state index in [1.54, 1.807) is 12.3 Å². The number of hydrogen-bond donors (Lipinski definition) is 3. The third kappa shape index (κ3) is 4.57. The van der Waals surface area contributed by atoms with Crippen LogP contribution in [-0.4, -0.2) is 60.1 Å². The number of fused-ring (bicyclic) bond motifs is 1. The number of aromatic nitrogens is 2. The summed E-state index contributed by atoms with van der Waals surface area (Å²) in [5.41, 5.74) is 4.20. The molecule has 0 saturated carbocycles. The van der Waals surface area contributed by atoms with Crippen LogP contribution in [0.3, 0.4) is 0 Å². The predicted octanol–water partition coefficient (Wildman–Crippen LogP) is 2.70. The number of amides is 2. The van der Waals surface area contributed by atoms with E-state index >= 15 is 0 Å². The van der Waals surface area contributed by atoms with E-state index in [9.17, 15) is 23.6 Å². The van der Waals surface area contributed by atoms with E-state index in [4.69, 9.17) is 9.47 Å². The Balaban J connectivity index is 1.36. The fourth-order valence-corrected chi connectivity index (χ4v) is 5.95. The molecule has 41 heavy (non-hydrogen) atoms. The van der Waals surface area contributed by atoms with Gasteiger partial charge in [0.2, 0.25) is 0 Å². The van der Waals surface area contributed by atoms with Crippen LogP contribution in [0.5, 0.6) is 0 Å². The van der Waals surface area contributed by atoms with Crippen LogP contribution in [0.25, 0.3) is 33.0 Å². The van der Waals surface area contributed by atoms with Crippen molar-refractivity contribution in [3.63, 3.8) is 0 Å². The first kappa shape index (κ1) is 26.5. The Morgan fingerprint density at radius 1 is 1.07 bits per heavy atom. The van der Waals surface area contributed by atoms with Crippen LogP contribution in [0.1, 0.15) is 23.1 Å². The maximum atomic E-state index is 13.8. The summed E-state index contributed by atoms with van der Waals surface area (Å²) in [6.45, 7) is 1.01. The van der Waals surface area contributed by atoms with Gasteiger partial charge in [-0.2, -0.15) is 0 Å². The summed E-state index contributed by atoms with van der Waals surface area (Å²) in [6.07, 6.45) is 4.05. The van der Waals surface area contributed by atoms with Gasteiger partial charge in [0, 0.05) is 52.9 Å². The number of methoxy groups -OCH3 is 2. The molecule has 4 aromatic rings. The average Bonchev–Trinajstić information content (AvgIpc) is 3.63. The minimum absolute atomic E-state index is 0.0640. The highest BCUT2D eigenvalue weighted by atomic mass is 19.1. The monoisotopic (exact) mass is 558 g/mol. The number of rotatable bonds is 8. The maximum Gasteiger partial charge on any atom is 0.323 e. The zero-order chi connectivity index (χ0) is 28.8. The van der Waals surface area contributed by atoms with Crippen LogP contribution in [-0.2, 0) is 41.6 Å². The van der Waals surface area contributed by atoms with Crippen molar-refractivity contribution in [3.8, 4) is 0 Å². The molecule has 0 fully saturated rings. The van der Waals surface area contributed by atoms with E-state index in [2.05, 4.69) is 20.2 Å². The van der Waals surface area contributed by atoms with Gasteiger partial charge in [-0.15, -0.1) is 0 Å². The first-order chi connectivity index (χ1) is 19.8. The molecule has 2 aromatic carbocycles. The third-order valence-corrected chi connectivity index (χ3v) is 7.80. The molecule has 2 aliphatic heterocycles. The van der Waals surface area contributed by atoms with Gasteiger partial charge in [0.15, 0.2) is 0 Å². The van der Waals surface area contributed by atoms with E-state index < -0.39 is 35.6 Å². The second-order valence-corrected chi connectivity index (χ2v) is 10.3. The predicted molar refractivity (Wildman–Crippen MR) is 148 cm³/mol. The largest absolute Gasteiger partial charge is 0.469 e. The Kier molecular flexibility index (Phi) is 6.66. The van der Waals surface area contributed by atoms with Gasteiger partial charge < -0.3 is 24.3 Å². The zero-order valence-electron chi connectivity index (χ0n) is 22.4. The Morgan fingerprint density at radius 3 is 2.61 bits per heavy atom. The molecule has 6 rings (SSSR count). The number of nitrogens with zero attached hydrogens (tertiary/aromatic N) is 1. The lowest BCUT2D eigenvalue weighted by atomic mass is 9.92. The van der Waals surface area contributed by atoms with Gasteiger partial charge in [0.05, 0.1) is 37.3 Å². The van der Waals surface area contributed by atoms with Crippen molar-refractivity contribution < 1.29 is 33.0 Å². The highest BCUT2D eigenvalue weighted by Crippen LogP contribution is 2.40. The first-order valence-electron chi connectivity index (χ1n) is 13.1. The molecule has 2 aliphatic rings. The molecule has 10 nitrogen and oxygen atoms in total. The van der Waals surface area contributed by atoms with Crippen LogP contribution >= 0.6 is 0 Å². The molecule has 0 spiro atoms. The number of benzene rings is 2. The molecule has 0 aliphatic carbocycles. The van der Waals surface area contributed by atoms with Gasteiger partial charge in [-0.3, -0.25) is 24.5 Å². The number of imide groups is 1. The van der Waals surface area contributed by atoms with Crippen LogP contribution in [0.15, 0.2) is 48.8 Å². The molecular weight excluding hydrogens is 531 g/mol. The average molecular weight is 559 g/mol. The number of aromatic amines is 1. The Bertz CT molecular complexity index is 1780. The maximum absolute atomic E-state index is 13.8. The molecule has 0 radical (unpaired) electrons. The Hall–Kier alpha value is -4.77. The van der Waals surface area contributed by atoms with Crippen molar-refractivity contribution in [2.24, 2.45) is 5.92 Å². The normalized spacial score (nSPS) is 17.3. The van der Waals surface area contributed by atoms with E-state index in [1.807, 2.05) is 24.4 Å². The molecule has 2 atom stereocenters. The van der Waals surface area contributed by atoms with Gasteiger partial charge in [-0.05, 0) is 36.1 Å². The molecule has 11 heteroatoms. The summed E-state index contributed by atoms with van der Waals surface area (Å²) >= 11 is 0. The summed E-state index contributed by atoms with van der Waals surface area (Å²) in [4.78, 5) is 53.3. The second kappa shape index (κ2) is 10.3. The second-order valence-electron chi connectivity index (χ2n) is 10.3. The van der Waals surface area contributed by atoms with Crippen molar-refractivity contribution in [2.75, 3.05) is 20.8 Å². The highest BCUT2D eigenvalue weighted by molar-refractivity contribution is 6.50. The minimum atomic E-state index is -0.838. The van der Waals surface area contributed by atoms with Gasteiger partial charge in [-0.25, -0.2) is 4.39 Å². The minimum Gasteiger partial charge on any atom is -0.469 e. The van der Waals surface area contributed by atoms with E-state index in [0.717, 1.165) is 16.5 Å². The lowest BCUT2D eigenvalue weighted by Gasteiger charge is -2.26. The summed E-state index contributed by atoms with van der Waals surface area (Å²) in [7, 11) is 2.53. The lowest BCUT2D eigenvalue weighted by Crippen LogP contribution is -2.43. The van der Waals surface area contributed by atoms with Crippen LogP contribution < -0.4 is 10.6 Å². The molecular formula is C30H27FN4O6. The van der Waals surface area contributed by atoms with Crippen LogP contribution in [0, 0.1) is 11.7 Å². The smallest absolute Gasteiger partial charge is 0.323 e. The number of hydrogen-bond acceptors (Lipinski definition) is 7. The number of halogens is 1. The zero-order valence-corrected chi connectivity index (χ0v) is 22.4. The van der Waals surface area contributed by atoms with Gasteiger partial charge in [-0.1, -0.05) is 18.2 Å². The number of para-hydroxylation sites is 1. The summed E-state index contributed by atoms with van der Waals surface area (Å²) < 4.78 is 25.4. The number of carbonyl (C=O) groups is 4. The number of ether oxygens (including phenoxy) is 2. The third-order valence-electron chi connectivity index (χ3n) is 7.80. The van der Waals surface area contributed by atoms with Crippen LogP contribution in [0.4, 0.5) is 4.39 Å². The quantitative estimate of drug-likeness (QED) is 0.224. The molecule has 3 N–H and O–H groups in total. The topological polar surface area (TPSA) is 132 Å². The van der Waals surface area contributed by atoms with Crippen molar-refractivity contribution in [2.45, 2.75) is 25.4 Å². The summed E-state index contributed by atoms with van der Waals surface area (Å²) in [6, 6.07) is 9.28. The van der Waals surface area contributed by atoms with Gasteiger partial charge in [0.25, 0.3) is 11.8 Å². The standard InChI is InChI=1S/C30H27FN4O6/c1-40-24(36)10-23(30(39)41-2)32-11-15-8-16-4-3-5-19-21(14-35(13-15)27(16)19)26-25(28(37)34-29(26)38)20-12-33-22-9-17(31)6-7-18(20)22/h3-7,9,12,14-15,23,32-33H,8,10-11,13H2,1-2H3,(H,34,37,38). The number of nitrogens with one attached hydrogen (secondary N) is 3. The first-order valence-corrected chi connectivity index (χ1v) is 13.1. The lowest BCUT2D eigenvalue weighted by molar-refractivity contribution is -0.149. The SMILES string of the molecule is COC(=O)CC(NCC1Cc2cccc3c(C4=C(c5c[nH]c6cc(F)ccc56)C(=O)NC4=O)cn(c23)C1)C(=O)OC. The Morgan fingerprint density at radius 2 is 1.85 bits per heavy atom. The van der Waals surface area contributed by atoms with E-state index in [1.165, 1.54) is 26.4 Å². The molecule has 2 aromatic heterocycles. The van der Waals surface area contributed by atoms with Gasteiger partial charge in [0.1, 0.15) is 11.9 Å². The molecule has 2 unspecified atom stereocenters. The fraction of sp³-hybridized carbons (Fsp3) is 0.267. The molecule has 4 heterocycles. The van der Waals surface area contributed by atoms with Crippen molar-refractivity contribution >= 4 is 56.7 Å². The fourth-order valence-electron chi connectivity index (χ4n) is 5.95. The van der Waals surface area contributed by atoms with E-state index in [0.29, 0.717) is 41.5 Å². The van der Waals surface area contributed by atoms with Crippen molar-refractivity contribution in [3.05, 3.63) is 71.3 Å². The molecule has 210 valence electrons. The number of carbonyl (C=O) groups excluding carboxylic acids is 4. The van der Waals surface area contributed by atoms with Crippen molar-refractivity contribution in [1.29, 1.82) is 0 Å².